The minimum absolute atomic E-state index is 0.177. The first kappa shape index (κ1) is 12.0. The molecule has 19 heavy (non-hydrogen) atoms. The molecule has 0 aliphatic carbocycles. The van der Waals surface area contributed by atoms with Crippen LogP contribution in [-0.4, -0.2) is 15.3 Å². The van der Waals surface area contributed by atoms with E-state index in [2.05, 4.69) is 0 Å². The minimum atomic E-state index is -0.573. The summed E-state index contributed by atoms with van der Waals surface area (Å²) in [6.07, 6.45) is 1.25. The van der Waals surface area contributed by atoms with Crippen LogP contribution in [0.2, 0.25) is 5.02 Å². The molecule has 0 saturated heterocycles. The van der Waals surface area contributed by atoms with Crippen LogP contribution in [0.3, 0.4) is 0 Å². The van der Waals surface area contributed by atoms with Crippen molar-refractivity contribution in [3.05, 3.63) is 40.4 Å². The Morgan fingerprint density at radius 3 is 2.47 bits per heavy atom. The number of halogens is 1. The second kappa shape index (κ2) is 4.24. The molecule has 2 aromatic rings. The largest absolute Gasteiger partial charge is 0.504 e. The lowest BCUT2D eigenvalue weighted by Gasteiger charge is -2.12. The Labute approximate surface area is 114 Å². The standard InChI is InChI=1S/C14H11ClO4/c15-9-3-4-11-7(5-9)1-2-8-6-10(16)12(17)13(18)14(8)19-11/h3-6,16-18H,1-2H2. The van der Waals surface area contributed by atoms with Crippen molar-refractivity contribution < 1.29 is 20.1 Å². The van der Waals surface area contributed by atoms with Gasteiger partial charge in [0.25, 0.3) is 0 Å². The van der Waals surface area contributed by atoms with E-state index in [0.717, 1.165) is 5.56 Å². The Bertz CT molecular complexity index is 667. The van der Waals surface area contributed by atoms with Gasteiger partial charge in [0, 0.05) is 10.6 Å². The number of hydrogen-bond acceptors (Lipinski definition) is 4. The summed E-state index contributed by atoms with van der Waals surface area (Å²) in [7, 11) is 0. The molecular formula is C14H11ClO4. The first-order chi connectivity index (χ1) is 9.06. The molecule has 98 valence electrons. The summed E-state index contributed by atoms with van der Waals surface area (Å²) in [5, 5.41) is 29.5. The summed E-state index contributed by atoms with van der Waals surface area (Å²) in [6.45, 7) is 0. The highest BCUT2D eigenvalue weighted by Crippen LogP contribution is 2.48. The number of phenols is 3. The molecular weight excluding hydrogens is 268 g/mol. The van der Waals surface area contributed by atoms with Gasteiger partial charge in [-0.15, -0.1) is 0 Å². The quantitative estimate of drug-likeness (QED) is 0.646. The summed E-state index contributed by atoms with van der Waals surface area (Å²) in [5.41, 5.74) is 1.56. The van der Waals surface area contributed by atoms with Gasteiger partial charge in [-0.05, 0) is 42.7 Å². The highest BCUT2D eigenvalue weighted by atomic mass is 35.5. The molecule has 0 unspecified atom stereocenters. The molecule has 4 nitrogen and oxygen atoms in total. The van der Waals surface area contributed by atoms with E-state index in [9.17, 15) is 15.3 Å². The van der Waals surface area contributed by atoms with E-state index < -0.39 is 11.5 Å². The van der Waals surface area contributed by atoms with Crippen molar-refractivity contribution in [1.29, 1.82) is 0 Å². The van der Waals surface area contributed by atoms with Gasteiger partial charge >= 0.3 is 0 Å². The second-order valence-corrected chi connectivity index (χ2v) is 4.87. The number of phenolic OH excluding ortho intramolecular Hbond substituents is 3. The van der Waals surface area contributed by atoms with Crippen LogP contribution in [0.5, 0.6) is 28.7 Å². The molecule has 3 rings (SSSR count). The maximum absolute atomic E-state index is 9.87. The Balaban J connectivity index is 2.15. The third-order valence-corrected chi connectivity index (χ3v) is 3.42. The van der Waals surface area contributed by atoms with E-state index in [-0.39, 0.29) is 11.5 Å². The number of ether oxygens (including phenoxy) is 1. The van der Waals surface area contributed by atoms with E-state index in [1.54, 1.807) is 18.2 Å². The molecule has 0 aromatic heterocycles. The highest BCUT2D eigenvalue weighted by Gasteiger charge is 2.22. The molecule has 1 aliphatic rings. The monoisotopic (exact) mass is 278 g/mol. The van der Waals surface area contributed by atoms with Crippen molar-refractivity contribution in [3.8, 4) is 28.7 Å². The van der Waals surface area contributed by atoms with E-state index in [4.69, 9.17) is 16.3 Å². The lowest BCUT2D eigenvalue weighted by Crippen LogP contribution is -1.90. The lowest BCUT2D eigenvalue weighted by atomic mass is 10.0. The number of aromatic hydroxyl groups is 3. The van der Waals surface area contributed by atoms with Crippen molar-refractivity contribution in [2.45, 2.75) is 12.8 Å². The number of aryl methyl sites for hydroxylation is 2. The van der Waals surface area contributed by atoms with Gasteiger partial charge in [0.1, 0.15) is 5.75 Å². The Morgan fingerprint density at radius 1 is 0.947 bits per heavy atom. The molecule has 0 bridgehead atoms. The first-order valence-electron chi connectivity index (χ1n) is 5.79. The molecule has 5 heteroatoms. The van der Waals surface area contributed by atoms with Gasteiger partial charge in [0.2, 0.25) is 11.5 Å². The van der Waals surface area contributed by atoms with Gasteiger partial charge in [0.05, 0.1) is 0 Å². The van der Waals surface area contributed by atoms with Gasteiger partial charge in [0.15, 0.2) is 11.5 Å². The van der Waals surface area contributed by atoms with Crippen molar-refractivity contribution >= 4 is 11.6 Å². The fraction of sp³-hybridized carbons (Fsp3) is 0.143. The van der Waals surface area contributed by atoms with Gasteiger partial charge in [-0.25, -0.2) is 0 Å². The first-order valence-corrected chi connectivity index (χ1v) is 6.17. The second-order valence-electron chi connectivity index (χ2n) is 4.44. The predicted octanol–water partition coefficient (Wildman–Crippen LogP) is 3.35. The van der Waals surface area contributed by atoms with Crippen LogP contribution >= 0.6 is 11.6 Å². The van der Waals surface area contributed by atoms with Gasteiger partial charge in [-0.2, -0.15) is 0 Å². The third kappa shape index (κ3) is 1.94. The molecule has 0 fully saturated rings. The van der Waals surface area contributed by atoms with Crippen LogP contribution < -0.4 is 4.74 Å². The van der Waals surface area contributed by atoms with Crippen LogP contribution in [0.1, 0.15) is 11.1 Å². The zero-order chi connectivity index (χ0) is 13.6. The smallest absolute Gasteiger partial charge is 0.205 e. The maximum atomic E-state index is 9.87. The molecule has 3 N–H and O–H groups in total. The van der Waals surface area contributed by atoms with Crippen molar-refractivity contribution in [3.63, 3.8) is 0 Å². The normalized spacial score (nSPS) is 13.1. The van der Waals surface area contributed by atoms with Gasteiger partial charge in [-0.1, -0.05) is 11.6 Å². The predicted molar refractivity (Wildman–Crippen MR) is 70.4 cm³/mol. The fourth-order valence-corrected chi connectivity index (χ4v) is 2.40. The number of rotatable bonds is 0. The van der Waals surface area contributed by atoms with Crippen LogP contribution in [0, 0.1) is 0 Å². The lowest BCUT2D eigenvalue weighted by molar-refractivity contribution is 0.348. The van der Waals surface area contributed by atoms with Crippen molar-refractivity contribution in [1.82, 2.24) is 0 Å². The molecule has 0 radical (unpaired) electrons. The van der Waals surface area contributed by atoms with E-state index >= 15 is 0 Å². The van der Waals surface area contributed by atoms with Crippen LogP contribution in [0.25, 0.3) is 0 Å². The molecule has 0 atom stereocenters. The summed E-state index contributed by atoms with van der Waals surface area (Å²) < 4.78 is 5.64. The molecule has 0 amide bonds. The number of benzene rings is 2. The summed E-state index contributed by atoms with van der Waals surface area (Å²) in [6, 6.07) is 6.62. The van der Waals surface area contributed by atoms with Gasteiger partial charge < -0.3 is 20.1 Å². The van der Waals surface area contributed by atoms with Crippen molar-refractivity contribution in [2.24, 2.45) is 0 Å². The summed E-state index contributed by atoms with van der Waals surface area (Å²) >= 11 is 5.94. The number of hydrogen-bond donors (Lipinski definition) is 3. The summed E-state index contributed by atoms with van der Waals surface area (Å²) in [5.74, 6) is -0.613. The molecule has 1 heterocycles. The average molecular weight is 279 g/mol. The maximum Gasteiger partial charge on any atom is 0.205 e. The molecule has 0 spiro atoms. The SMILES string of the molecule is Oc1cc2c(c(O)c1O)Oc1ccc(Cl)cc1CC2. The third-order valence-electron chi connectivity index (χ3n) is 3.18. The number of fused-ring (bicyclic) bond motifs is 2. The van der Waals surface area contributed by atoms with Gasteiger partial charge in [-0.3, -0.25) is 0 Å². The molecule has 0 saturated carbocycles. The zero-order valence-electron chi connectivity index (χ0n) is 9.85. The highest BCUT2D eigenvalue weighted by molar-refractivity contribution is 6.30. The minimum Gasteiger partial charge on any atom is -0.504 e. The van der Waals surface area contributed by atoms with Crippen LogP contribution in [0.4, 0.5) is 0 Å². The van der Waals surface area contributed by atoms with E-state index in [1.807, 2.05) is 0 Å². The van der Waals surface area contributed by atoms with E-state index in [1.165, 1.54) is 6.07 Å². The van der Waals surface area contributed by atoms with Crippen molar-refractivity contribution in [2.75, 3.05) is 0 Å². The Morgan fingerprint density at radius 2 is 1.68 bits per heavy atom. The topological polar surface area (TPSA) is 69.9 Å². The Kier molecular flexibility index (Phi) is 2.68. The molecule has 2 aromatic carbocycles. The Hall–Kier alpha value is -2.07. The van der Waals surface area contributed by atoms with E-state index in [0.29, 0.717) is 29.2 Å². The molecule has 1 aliphatic heterocycles. The average Bonchev–Trinajstić information content (AvgIpc) is 2.56. The van der Waals surface area contributed by atoms with Crippen LogP contribution in [-0.2, 0) is 12.8 Å². The summed E-state index contributed by atoms with van der Waals surface area (Å²) in [4.78, 5) is 0. The zero-order valence-corrected chi connectivity index (χ0v) is 10.6. The van der Waals surface area contributed by atoms with Crippen LogP contribution in [0.15, 0.2) is 24.3 Å². The fourth-order valence-electron chi connectivity index (χ4n) is 2.20.